The van der Waals surface area contributed by atoms with Gasteiger partial charge in [0.2, 0.25) is 0 Å². The van der Waals surface area contributed by atoms with E-state index >= 15 is 0 Å². The molecule has 0 aromatic carbocycles. The first-order chi connectivity index (χ1) is 6.35. The van der Waals surface area contributed by atoms with E-state index in [0.717, 1.165) is 19.2 Å². The Bertz CT molecular complexity index is 172. The Kier molecular flexibility index (Phi) is 2.86. The van der Waals surface area contributed by atoms with Gasteiger partial charge in [-0.1, -0.05) is 6.92 Å². The molecular weight excluding hydrogens is 164 g/mol. The van der Waals surface area contributed by atoms with Gasteiger partial charge in [0.15, 0.2) is 0 Å². The Morgan fingerprint density at radius 1 is 1.15 bits per heavy atom. The minimum atomic E-state index is 0.376. The monoisotopic (exact) mass is 184 g/mol. The maximum atomic E-state index is 5.69. The van der Waals surface area contributed by atoms with Crippen LogP contribution in [0.2, 0.25) is 0 Å². The normalized spacial score (nSPS) is 43.8. The maximum absolute atomic E-state index is 5.69. The molecule has 4 unspecified atom stereocenters. The second-order valence-electron chi connectivity index (χ2n) is 3.96. The fourth-order valence-electron chi connectivity index (χ4n) is 2.47. The third kappa shape index (κ3) is 1.73. The van der Waals surface area contributed by atoms with Gasteiger partial charge < -0.3 is 4.74 Å². The lowest BCUT2D eigenvalue weighted by atomic mass is 10.1. The van der Waals surface area contributed by atoms with Crippen molar-refractivity contribution in [1.82, 2.24) is 9.80 Å². The predicted octanol–water partition coefficient (Wildman–Crippen LogP) is 0.759. The summed E-state index contributed by atoms with van der Waals surface area (Å²) in [5, 5.41) is 0. The van der Waals surface area contributed by atoms with Crippen molar-refractivity contribution in [2.45, 2.75) is 32.5 Å². The highest BCUT2D eigenvalue weighted by Gasteiger charge is 2.37. The largest absolute Gasteiger partial charge is 0.362 e. The van der Waals surface area contributed by atoms with Gasteiger partial charge in [-0.25, -0.2) is 0 Å². The standard InChI is InChI=1S/C10H20N2O/c1-3-9-7-12-6-5-11(9)8-10(12)13-4-2/h9-10H,3-8H2,1-2H3. The van der Waals surface area contributed by atoms with Gasteiger partial charge in [-0.2, -0.15) is 0 Å². The molecule has 3 saturated heterocycles. The summed E-state index contributed by atoms with van der Waals surface area (Å²) in [4.78, 5) is 5.08. The van der Waals surface area contributed by atoms with Gasteiger partial charge >= 0.3 is 0 Å². The first-order valence-corrected chi connectivity index (χ1v) is 5.44. The van der Waals surface area contributed by atoms with E-state index in [2.05, 4.69) is 23.6 Å². The van der Waals surface area contributed by atoms with Gasteiger partial charge in [-0.15, -0.1) is 0 Å². The lowest BCUT2D eigenvalue weighted by molar-refractivity contribution is -0.148. The molecule has 76 valence electrons. The molecule has 0 saturated carbocycles. The van der Waals surface area contributed by atoms with Crippen molar-refractivity contribution in [3.05, 3.63) is 0 Å². The molecule has 3 heterocycles. The molecule has 0 amide bonds. The van der Waals surface area contributed by atoms with Crippen LogP contribution in [0.4, 0.5) is 0 Å². The van der Waals surface area contributed by atoms with Gasteiger partial charge in [0.05, 0.1) is 0 Å². The summed E-state index contributed by atoms with van der Waals surface area (Å²) in [6.07, 6.45) is 1.65. The molecule has 3 aliphatic rings. The van der Waals surface area contributed by atoms with Gasteiger partial charge in [0.25, 0.3) is 0 Å². The SMILES string of the molecule is CCOC1CN2CCN1CC2CC. The summed E-state index contributed by atoms with van der Waals surface area (Å²) in [7, 11) is 0. The van der Waals surface area contributed by atoms with Crippen LogP contribution in [0, 0.1) is 0 Å². The molecule has 3 heteroatoms. The van der Waals surface area contributed by atoms with E-state index < -0.39 is 0 Å². The summed E-state index contributed by atoms with van der Waals surface area (Å²) in [5.74, 6) is 0. The van der Waals surface area contributed by atoms with Gasteiger partial charge in [0.1, 0.15) is 6.23 Å². The molecule has 2 bridgehead atoms. The van der Waals surface area contributed by atoms with Crippen LogP contribution >= 0.6 is 0 Å². The predicted molar refractivity (Wildman–Crippen MR) is 52.6 cm³/mol. The fraction of sp³-hybridized carbons (Fsp3) is 1.00. The van der Waals surface area contributed by atoms with Gasteiger partial charge in [-0.3, -0.25) is 9.80 Å². The molecule has 3 aliphatic heterocycles. The van der Waals surface area contributed by atoms with Crippen molar-refractivity contribution in [2.75, 3.05) is 32.8 Å². The van der Waals surface area contributed by atoms with Crippen molar-refractivity contribution in [3.8, 4) is 0 Å². The summed E-state index contributed by atoms with van der Waals surface area (Å²) >= 11 is 0. The molecule has 3 rings (SSSR count). The highest BCUT2D eigenvalue weighted by Crippen LogP contribution is 2.22. The minimum Gasteiger partial charge on any atom is -0.362 e. The fourth-order valence-corrected chi connectivity index (χ4v) is 2.47. The van der Waals surface area contributed by atoms with E-state index in [-0.39, 0.29) is 0 Å². The molecule has 3 nitrogen and oxygen atoms in total. The lowest BCUT2D eigenvalue weighted by Gasteiger charge is -2.51. The zero-order valence-corrected chi connectivity index (χ0v) is 8.70. The molecule has 0 N–H and O–H groups in total. The van der Waals surface area contributed by atoms with E-state index in [1.54, 1.807) is 0 Å². The number of hydrogen-bond acceptors (Lipinski definition) is 3. The van der Waals surface area contributed by atoms with Crippen LogP contribution in [-0.4, -0.2) is 54.9 Å². The summed E-state index contributed by atoms with van der Waals surface area (Å²) in [5.41, 5.74) is 0. The zero-order valence-electron chi connectivity index (χ0n) is 8.70. The van der Waals surface area contributed by atoms with Crippen LogP contribution in [0.1, 0.15) is 20.3 Å². The average molecular weight is 184 g/mol. The van der Waals surface area contributed by atoms with Crippen molar-refractivity contribution in [1.29, 1.82) is 0 Å². The van der Waals surface area contributed by atoms with Gasteiger partial charge in [-0.05, 0) is 13.3 Å². The van der Waals surface area contributed by atoms with E-state index in [1.807, 2.05) is 0 Å². The summed E-state index contributed by atoms with van der Waals surface area (Å²) in [6.45, 7) is 9.96. The minimum absolute atomic E-state index is 0.376. The zero-order chi connectivity index (χ0) is 9.26. The summed E-state index contributed by atoms with van der Waals surface area (Å²) in [6, 6.07) is 0.783. The van der Waals surface area contributed by atoms with Crippen LogP contribution in [-0.2, 0) is 4.74 Å². The lowest BCUT2D eigenvalue weighted by Crippen LogP contribution is -2.65. The number of hydrogen-bond donors (Lipinski definition) is 0. The van der Waals surface area contributed by atoms with Crippen molar-refractivity contribution >= 4 is 0 Å². The Morgan fingerprint density at radius 2 is 1.92 bits per heavy atom. The first-order valence-electron chi connectivity index (χ1n) is 5.44. The number of nitrogens with zero attached hydrogens (tertiary/aromatic N) is 2. The van der Waals surface area contributed by atoms with Gasteiger partial charge in [0, 0.05) is 38.8 Å². The number of ether oxygens (including phenoxy) is 1. The van der Waals surface area contributed by atoms with E-state index in [4.69, 9.17) is 4.74 Å². The van der Waals surface area contributed by atoms with E-state index in [1.165, 1.54) is 26.1 Å². The topological polar surface area (TPSA) is 15.7 Å². The molecular formula is C10H20N2O. The second kappa shape index (κ2) is 3.95. The molecule has 3 fully saturated rings. The van der Waals surface area contributed by atoms with Crippen LogP contribution in [0.15, 0.2) is 0 Å². The Morgan fingerprint density at radius 3 is 2.46 bits per heavy atom. The van der Waals surface area contributed by atoms with E-state index in [0.29, 0.717) is 6.23 Å². The smallest absolute Gasteiger partial charge is 0.123 e. The molecule has 0 aliphatic carbocycles. The molecule has 0 aromatic rings. The van der Waals surface area contributed by atoms with Crippen molar-refractivity contribution in [3.63, 3.8) is 0 Å². The maximum Gasteiger partial charge on any atom is 0.123 e. The highest BCUT2D eigenvalue weighted by atomic mass is 16.5. The Hall–Kier alpha value is -0.120. The molecule has 13 heavy (non-hydrogen) atoms. The summed E-state index contributed by atoms with van der Waals surface area (Å²) < 4.78 is 5.69. The third-order valence-electron chi connectivity index (χ3n) is 3.26. The van der Waals surface area contributed by atoms with Crippen LogP contribution in [0.5, 0.6) is 0 Å². The molecule has 0 spiro atoms. The molecule has 0 aromatic heterocycles. The number of rotatable bonds is 3. The first kappa shape index (κ1) is 9.44. The number of fused-ring (bicyclic) bond motifs is 3. The van der Waals surface area contributed by atoms with Crippen molar-refractivity contribution < 1.29 is 4.74 Å². The Labute approximate surface area is 80.6 Å². The third-order valence-corrected chi connectivity index (χ3v) is 3.26. The van der Waals surface area contributed by atoms with Crippen LogP contribution in [0.25, 0.3) is 0 Å². The van der Waals surface area contributed by atoms with E-state index in [9.17, 15) is 0 Å². The quantitative estimate of drug-likeness (QED) is 0.644. The second-order valence-corrected chi connectivity index (χ2v) is 3.96. The number of piperazine rings is 3. The average Bonchev–Trinajstić information content (AvgIpc) is 2.19. The van der Waals surface area contributed by atoms with Crippen molar-refractivity contribution in [2.24, 2.45) is 0 Å². The van der Waals surface area contributed by atoms with Crippen LogP contribution < -0.4 is 0 Å². The molecule has 0 radical (unpaired) electrons. The highest BCUT2D eigenvalue weighted by molar-refractivity contribution is 4.89. The van der Waals surface area contributed by atoms with Crippen LogP contribution in [0.3, 0.4) is 0 Å². The molecule has 4 atom stereocenters. The Balaban J connectivity index is 1.95.